The molecular weight excluding hydrogens is 498 g/mol. The van der Waals surface area contributed by atoms with Crippen molar-refractivity contribution >= 4 is 17.4 Å². The Labute approximate surface area is 231 Å². The molecule has 8 nitrogen and oxygen atoms in total. The summed E-state index contributed by atoms with van der Waals surface area (Å²) in [6.45, 7) is 13.0. The van der Waals surface area contributed by atoms with E-state index in [-0.39, 0.29) is 29.4 Å². The van der Waals surface area contributed by atoms with Gasteiger partial charge >= 0.3 is 0 Å². The number of ether oxygens (including phenoxy) is 4. The molecule has 0 spiro atoms. The van der Waals surface area contributed by atoms with E-state index in [9.17, 15) is 14.7 Å². The molecule has 0 radical (unpaired) electrons. The van der Waals surface area contributed by atoms with Gasteiger partial charge in [0.2, 0.25) is 0 Å². The van der Waals surface area contributed by atoms with Gasteiger partial charge in [0, 0.05) is 13.2 Å². The number of aliphatic hydroxyl groups is 1. The number of carbonyl (C=O) groups excluding carboxylic acids is 2. The van der Waals surface area contributed by atoms with Gasteiger partial charge in [-0.25, -0.2) is 0 Å². The third kappa shape index (κ3) is 6.56. The number of amides is 1. The van der Waals surface area contributed by atoms with Crippen LogP contribution in [0.25, 0.3) is 5.76 Å². The van der Waals surface area contributed by atoms with Crippen molar-refractivity contribution in [3.8, 4) is 17.2 Å². The molecule has 1 aliphatic rings. The minimum absolute atomic E-state index is 0.00162. The number of benzene rings is 2. The van der Waals surface area contributed by atoms with Gasteiger partial charge in [-0.2, -0.15) is 0 Å². The molecule has 0 bridgehead atoms. The number of hydrogen-bond donors (Lipinski definition) is 1. The standard InChI is InChI=1S/C31H41NO7/c1-9-38-25-17-20(11-13-24(25)37-8)27-26(29(34)30(35)32(27)15-10-16-39-19(2)3)28(33)22-18-21(31(4,5)6)12-14-23(22)36-7/h11-14,17-19,27,33H,9-10,15-16H2,1-8H3/b28-26+. The second kappa shape index (κ2) is 12.6. The maximum Gasteiger partial charge on any atom is 0.295 e. The van der Waals surface area contributed by atoms with E-state index in [1.807, 2.05) is 32.9 Å². The Kier molecular flexibility index (Phi) is 9.67. The van der Waals surface area contributed by atoms with Gasteiger partial charge in [0.15, 0.2) is 11.5 Å². The fourth-order valence-electron chi connectivity index (χ4n) is 4.65. The maximum atomic E-state index is 13.5. The van der Waals surface area contributed by atoms with Gasteiger partial charge in [0.1, 0.15) is 11.5 Å². The zero-order valence-corrected chi connectivity index (χ0v) is 24.3. The second-order valence-electron chi connectivity index (χ2n) is 10.8. The first-order valence-corrected chi connectivity index (χ1v) is 13.3. The summed E-state index contributed by atoms with van der Waals surface area (Å²) in [6.07, 6.45) is 0.577. The first-order valence-electron chi connectivity index (χ1n) is 13.3. The SMILES string of the molecule is CCOc1cc(C2/C(=C(\O)c3cc(C(C)(C)C)ccc3OC)C(=O)C(=O)N2CCCOC(C)C)ccc1OC. The number of rotatable bonds is 11. The average Bonchev–Trinajstić information content (AvgIpc) is 3.14. The molecule has 1 atom stereocenters. The first-order chi connectivity index (χ1) is 18.4. The smallest absolute Gasteiger partial charge is 0.295 e. The Balaban J connectivity index is 2.21. The highest BCUT2D eigenvalue weighted by Gasteiger charge is 2.46. The van der Waals surface area contributed by atoms with Gasteiger partial charge in [0.05, 0.1) is 44.1 Å². The van der Waals surface area contributed by atoms with Crippen molar-refractivity contribution in [3.63, 3.8) is 0 Å². The van der Waals surface area contributed by atoms with Crippen molar-refractivity contribution in [3.05, 3.63) is 58.7 Å². The Hall–Kier alpha value is -3.52. The molecule has 0 saturated carbocycles. The van der Waals surface area contributed by atoms with Crippen LogP contribution in [0.4, 0.5) is 0 Å². The van der Waals surface area contributed by atoms with E-state index in [1.165, 1.54) is 12.0 Å². The Morgan fingerprint density at radius 1 is 1.00 bits per heavy atom. The normalized spacial score (nSPS) is 17.2. The summed E-state index contributed by atoms with van der Waals surface area (Å²) >= 11 is 0. The topological polar surface area (TPSA) is 94.5 Å². The van der Waals surface area contributed by atoms with Gasteiger partial charge in [0.25, 0.3) is 11.7 Å². The first kappa shape index (κ1) is 30.0. The quantitative estimate of drug-likeness (QED) is 0.171. The summed E-state index contributed by atoms with van der Waals surface area (Å²) in [5.74, 6) is -0.289. The van der Waals surface area contributed by atoms with Crippen LogP contribution in [0.2, 0.25) is 0 Å². The third-order valence-corrected chi connectivity index (χ3v) is 6.66. The van der Waals surface area contributed by atoms with Crippen LogP contribution < -0.4 is 14.2 Å². The minimum atomic E-state index is -0.836. The van der Waals surface area contributed by atoms with Gasteiger partial charge in [-0.05, 0) is 68.0 Å². The highest BCUT2D eigenvalue weighted by molar-refractivity contribution is 6.46. The lowest BCUT2D eigenvalue weighted by atomic mass is 9.85. The van der Waals surface area contributed by atoms with E-state index in [2.05, 4.69) is 20.8 Å². The Morgan fingerprint density at radius 2 is 1.67 bits per heavy atom. The molecular formula is C31H41NO7. The molecule has 1 heterocycles. The lowest BCUT2D eigenvalue weighted by Crippen LogP contribution is -2.31. The molecule has 212 valence electrons. The van der Waals surface area contributed by atoms with E-state index in [1.54, 1.807) is 31.4 Å². The fourth-order valence-corrected chi connectivity index (χ4v) is 4.65. The molecule has 2 aromatic rings. The number of methoxy groups -OCH3 is 2. The summed E-state index contributed by atoms with van der Waals surface area (Å²) in [5.41, 5.74) is 1.71. The van der Waals surface area contributed by atoms with E-state index in [0.717, 1.165) is 5.56 Å². The highest BCUT2D eigenvalue weighted by atomic mass is 16.5. The van der Waals surface area contributed by atoms with Crippen LogP contribution in [0.5, 0.6) is 17.2 Å². The van der Waals surface area contributed by atoms with Gasteiger partial charge in [-0.15, -0.1) is 0 Å². The molecule has 1 saturated heterocycles. The van der Waals surface area contributed by atoms with E-state index >= 15 is 0 Å². The van der Waals surface area contributed by atoms with Crippen LogP contribution in [0.3, 0.4) is 0 Å². The molecule has 2 aromatic carbocycles. The number of Topliss-reactive ketones (excluding diaryl/α,β-unsaturated/α-hetero) is 1. The molecule has 1 aliphatic heterocycles. The molecule has 1 amide bonds. The van der Waals surface area contributed by atoms with Gasteiger partial charge < -0.3 is 29.0 Å². The third-order valence-electron chi connectivity index (χ3n) is 6.66. The molecule has 8 heteroatoms. The van der Waals surface area contributed by atoms with Crippen LogP contribution in [-0.2, 0) is 19.7 Å². The largest absolute Gasteiger partial charge is 0.507 e. The number of carbonyl (C=O) groups is 2. The predicted octanol–water partition coefficient (Wildman–Crippen LogP) is 5.64. The second-order valence-corrected chi connectivity index (χ2v) is 10.8. The van der Waals surface area contributed by atoms with Crippen molar-refractivity contribution in [2.24, 2.45) is 0 Å². The number of nitrogens with zero attached hydrogens (tertiary/aromatic N) is 1. The number of ketones is 1. The van der Waals surface area contributed by atoms with Crippen LogP contribution >= 0.6 is 0 Å². The zero-order valence-electron chi connectivity index (χ0n) is 24.3. The number of likely N-dealkylation sites (tertiary alicyclic amines) is 1. The highest BCUT2D eigenvalue weighted by Crippen LogP contribution is 2.43. The fraction of sp³-hybridized carbons (Fsp3) is 0.484. The lowest BCUT2D eigenvalue weighted by Gasteiger charge is -2.26. The van der Waals surface area contributed by atoms with Crippen molar-refractivity contribution in [1.29, 1.82) is 0 Å². The summed E-state index contributed by atoms with van der Waals surface area (Å²) in [6, 6.07) is 9.95. The predicted molar refractivity (Wildman–Crippen MR) is 151 cm³/mol. The average molecular weight is 540 g/mol. The minimum Gasteiger partial charge on any atom is -0.507 e. The van der Waals surface area contributed by atoms with Crippen LogP contribution in [0, 0.1) is 0 Å². The van der Waals surface area contributed by atoms with Crippen LogP contribution in [0.15, 0.2) is 42.0 Å². The van der Waals surface area contributed by atoms with E-state index in [4.69, 9.17) is 18.9 Å². The summed E-state index contributed by atoms with van der Waals surface area (Å²) in [5, 5.41) is 11.7. The zero-order chi connectivity index (χ0) is 28.9. The molecule has 0 aromatic heterocycles. The molecule has 1 fully saturated rings. The van der Waals surface area contributed by atoms with E-state index < -0.39 is 17.7 Å². The van der Waals surface area contributed by atoms with Crippen molar-refractivity contribution in [1.82, 2.24) is 4.90 Å². The lowest BCUT2D eigenvalue weighted by molar-refractivity contribution is -0.140. The van der Waals surface area contributed by atoms with E-state index in [0.29, 0.717) is 48.0 Å². The maximum absolute atomic E-state index is 13.5. The number of hydrogen-bond acceptors (Lipinski definition) is 7. The Morgan fingerprint density at radius 3 is 2.26 bits per heavy atom. The monoisotopic (exact) mass is 539 g/mol. The number of aliphatic hydroxyl groups excluding tert-OH is 1. The summed E-state index contributed by atoms with van der Waals surface area (Å²) < 4.78 is 22.4. The summed E-state index contributed by atoms with van der Waals surface area (Å²) in [4.78, 5) is 28.4. The molecule has 3 rings (SSSR count). The summed E-state index contributed by atoms with van der Waals surface area (Å²) in [7, 11) is 3.05. The molecule has 39 heavy (non-hydrogen) atoms. The van der Waals surface area contributed by atoms with Gasteiger partial charge in [-0.1, -0.05) is 32.9 Å². The Bertz CT molecular complexity index is 1230. The van der Waals surface area contributed by atoms with Crippen molar-refractivity contribution in [2.75, 3.05) is 34.0 Å². The van der Waals surface area contributed by atoms with Crippen molar-refractivity contribution < 1.29 is 33.6 Å². The van der Waals surface area contributed by atoms with Gasteiger partial charge in [-0.3, -0.25) is 9.59 Å². The molecule has 1 N–H and O–H groups in total. The van der Waals surface area contributed by atoms with Crippen LogP contribution in [-0.4, -0.2) is 61.8 Å². The molecule has 0 aliphatic carbocycles. The van der Waals surface area contributed by atoms with Crippen molar-refractivity contribution in [2.45, 2.75) is 65.5 Å². The molecule has 1 unspecified atom stereocenters. The van der Waals surface area contributed by atoms with Crippen LogP contribution in [0.1, 0.15) is 70.7 Å².